The van der Waals surface area contributed by atoms with Gasteiger partial charge in [-0.15, -0.1) is 10.2 Å². The van der Waals surface area contributed by atoms with Crippen molar-refractivity contribution < 1.29 is 4.52 Å². The largest absolute Gasteiger partial charge is 0.367 e. The Kier molecular flexibility index (Phi) is 3.62. The van der Waals surface area contributed by atoms with E-state index in [4.69, 9.17) is 27.7 Å². The molecule has 0 saturated heterocycles. The Bertz CT molecular complexity index is 1070. The van der Waals surface area contributed by atoms with Crippen LogP contribution in [0.2, 0.25) is 5.02 Å². The summed E-state index contributed by atoms with van der Waals surface area (Å²) in [5, 5.41) is 13.4. The molecule has 0 aliphatic heterocycles. The maximum Gasteiger partial charge on any atom is 0.277 e. The van der Waals surface area contributed by atoms with Crippen molar-refractivity contribution >= 4 is 28.7 Å². The Morgan fingerprint density at radius 3 is 2.44 bits per heavy atom. The molecule has 8 heteroatoms. The number of hydrogen-bond donors (Lipinski definition) is 2. The summed E-state index contributed by atoms with van der Waals surface area (Å²) in [6.07, 6.45) is 0. The Balaban J connectivity index is 2.06. The quantitative estimate of drug-likeness (QED) is 0.249. The normalized spacial score (nSPS) is 12.0. The highest BCUT2D eigenvalue weighted by atomic mass is 35.5. The molecular weight excluding hydrogens is 340 g/mol. The fourth-order valence-electron chi connectivity index (χ4n) is 2.70. The van der Waals surface area contributed by atoms with Crippen LogP contribution in [0, 0.1) is 0 Å². The van der Waals surface area contributed by atoms with E-state index in [9.17, 15) is 0 Å². The molecule has 7 nitrogen and oxygen atoms in total. The Hall–Kier alpha value is -3.32. The van der Waals surface area contributed by atoms with Crippen LogP contribution >= 0.6 is 11.6 Å². The van der Waals surface area contributed by atoms with Gasteiger partial charge < -0.3 is 16.1 Å². The second kappa shape index (κ2) is 5.95. The summed E-state index contributed by atoms with van der Waals surface area (Å²) in [6, 6.07) is 17.0. The number of aromatic nitrogens is 3. The summed E-state index contributed by atoms with van der Waals surface area (Å²) in [6.45, 7) is 0. The topological polar surface area (TPSA) is 108 Å². The molecule has 0 aliphatic carbocycles. The minimum Gasteiger partial charge on any atom is -0.367 e. The molecule has 0 spiro atoms. The SMILES string of the molecule is N/N=C(/N)n1nc2onc(-c3ccccc3)c2c1-c1ccc(Cl)cc1. The van der Waals surface area contributed by atoms with E-state index in [0.29, 0.717) is 22.1 Å². The summed E-state index contributed by atoms with van der Waals surface area (Å²) in [4.78, 5) is 0. The highest BCUT2D eigenvalue weighted by Crippen LogP contribution is 2.36. The molecule has 0 fully saturated rings. The van der Waals surface area contributed by atoms with E-state index in [-0.39, 0.29) is 5.96 Å². The van der Waals surface area contributed by atoms with Gasteiger partial charge in [-0.25, -0.2) is 0 Å². The molecule has 4 N–H and O–H groups in total. The van der Waals surface area contributed by atoms with E-state index in [0.717, 1.165) is 16.5 Å². The summed E-state index contributed by atoms with van der Waals surface area (Å²) >= 11 is 6.01. The average Bonchev–Trinajstić information content (AvgIpc) is 3.22. The van der Waals surface area contributed by atoms with Gasteiger partial charge in [0.15, 0.2) is 0 Å². The van der Waals surface area contributed by atoms with Crippen LogP contribution in [0.1, 0.15) is 0 Å². The number of fused-ring (bicyclic) bond motifs is 1. The zero-order chi connectivity index (χ0) is 17.4. The molecule has 4 rings (SSSR count). The first-order valence-electron chi connectivity index (χ1n) is 7.42. The van der Waals surface area contributed by atoms with Gasteiger partial charge in [-0.3, -0.25) is 0 Å². The maximum absolute atomic E-state index is 6.01. The molecule has 4 aromatic rings. The van der Waals surface area contributed by atoms with Gasteiger partial charge in [0.25, 0.3) is 5.71 Å². The second-order valence-corrected chi connectivity index (χ2v) is 5.77. The van der Waals surface area contributed by atoms with E-state index in [2.05, 4.69) is 15.4 Å². The van der Waals surface area contributed by atoms with Crippen LogP contribution in [0.25, 0.3) is 33.6 Å². The van der Waals surface area contributed by atoms with Gasteiger partial charge in [-0.05, 0) is 12.1 Å². The number of nitrogens with zero attached hydrogens (tertiary/aromatic N) is 4. The third-order valence-corrected chi connectivity index (χ3v) is 4.08. The van der Waals surface area contributed by atoms with Crippen molar-refractivity contribution in [2.24, 2.45) is 16.7 Å². The number of nitrogens with two attached hydrogens (primary N) is 2. The monoisotopic (exact) mass is 352 g/mol. The number of hydrogen-bond acceptors (Lipinski definition) is 5. The minimum absolute atomic E-state index is 0.0374. The molecule has 0 amide bonds. The lowest BCUT2D eigenvalue weighted by Crippen LogP contribution is -2.25. The van der Waals surface area contributed by atoms with Crippen molar-refractivity contribution in [3.63, 3.8) is 0 Å². The van der Waals surface area contributed by atoms with Crippen molar-refractivity contribution in [3.05, 3.63) is 59.6 Å². The van der Waals surface area contributed by atoms with Gasteiger partial charge >= 0.3 is 0 Å². The molecule has 124 valence electrons. The molecule has 2 aromatic carbocycles. The van der Waals surface area contributed by atoms with Crippen molar-refractivity contribution in [3.8, 4) is 22.5 Å². The zero-order valence-electron chi connectivity index (χ0n) is 12.9. The van der Waals surface area contributed by atoms with Crippen molar-refractivity contribution in [2.75, 3.05) is 0 Å². The van der Waals surface area contributed by atoms with Crippen LogP contribution in [-0.4, -0.2) is 20.9 Å². The first-order valence-corrected chi connectivity index (χ1v) is 7.80. The van der Waals surface area contributed by atoms with E-state index in [1.807, 2.05) is 42.5 Å². The van der Waals surface area contributed by atoms with E-state index in [1.54, 1.807) is 12.1 Å². The fraction of sp³-hybridized carbons (Fsp3) is 0. The Morgan fingerprint density at radius 1 is 1.04 bits per heavy atom. The Labute approximate surface area is 147 Å². The lowest BCUT2D eigenvalue weighted by atomic mass is 10.0. The van der Waals surface area contributed by atoms with Crippen LogP contribution in [0.15, 0.2) is 64.2 Å². The van der Waals surface area contributed by atoms with Crippen LogP contribution < -0.4 is 11.6 Å². The fourth-order valence-corrected chi connectivity index (χ4v) is 2.82. The number of halogens is 1. The summed E-state index contributed by atoms with van der Waals surface area (Å²) in [5.41, 5.74) is 9.33. The summed E-state index contributed by atoms with van der Waals surface area (Å²) < 4.78 is 6.84. The molecule has 25 heavy (non-hydrogen) atoms. The van der Waals surface area contributed by atoms with Gasteiger partial charge in [-0.2, -0.15) is 4.68 Å². The summed E-state index contributed by atoms with van der Waals surface area (Å²) in [5.74, 6) is 5.39. The molecule has 0 saturated carbocycles. The van der Waals surface area contributed by atoms with E-state index < -0.39 is 0 Å². The molecular formula is C17H13ClN6O. The second-order valence-electron chi connectivity index (χ2n) is 5.33. The number of hydrazone groups is 1. The average molecular weight is 353 g/mol. The highest BCUT2D eigenvalue weighted by Gasteiger charge is 2.23. The lowest BCUT2D eigenvalue weighted by molar-refractivity contribution is 0.448. The first kappa shape index (κ1) is 15.2. The van der Waals surface area contributed by atoms with Crippen LogP contribution in [0.4, 0.5) is 0 Å². The van der Waals surface area contributed by atoms with E-state index in [1.165, 1.54) is 4.68 Å². The van der Waals surface area contributed by atoms with Crippen molar-refractivity contribution in [2.45, 2.75) is 0 Å². The third-order valence-electron chi connectivity index (χ3n) is 3.83. The molecule has 2 heterocycles. The van der Waals surface area contributed by atoms with Crippen LogP contribution in [-0.2, 0) is 0 Å². The molecule has 2 aromatic heterocycles. The molecule has 0 aliphatic rings. The highest BCUT2D eigenvalue weighted by molar-refractivity contribution is 6.30. The number of benzene rings is 2. The smallest absolute Gasteiger partial charge is 0.277 e. The molecule has 0 unspecified atom stereocenters. The predicted octanol–water partition coefficient (Wildman–Crippen LogP) is 3.05. The van der Waals surface area contributed by atoms with Crippen LogP contribution in [0.5, 0.6) is 0 Å². The first-order chi connectivity index (χ1) is 12.2. The number of rotatable bonds is 2. The standard InChI is InChI=1S/C17H13ClN6O/c18-12-8-6-11(7-9-12)15-13-14(10-4-2-1-3-5-10)23-25-16(13)22-24(15)17(19)21-20/h1-9H,20H2,(H2,19,21). The molecule has 0 atom stereocenters. The Morgan fingerprint density at radius 2 is 1.76 bits per heavy atom. The molecule has 0 radical (unpaired) electrons. The van der Waals surface area contributed by atoms with Gasteiger partial charge in [0.05, 0.1) is 11.1 Å². The zero-order valence-corrected chi connectivity index (χ0v) is 13.7. The van der Waals surface area contributed by atoms with Gasteiger partial charge in [0.2, 0.25) is 5.96 Å². The lowest BCUT2D eigenvalue weighted by Gasteiger charge is -2.07. The van der Waals surface area contributed by atoms with Crippen molar-refractivity contribution in [1.29, 1.82) is 0 Å². The minimum atomic E-state index is 0.0374. The van der Waals surface area contributed by atoms with Crippen LogP contribution in [0.3, 0.4) is 0 Å². The summed E-state index contributed by atoms with van der Waals surface area (Å²) in [7, 11) is 0. The molecule has 0 bridgehead atoms. The van der Waals surface area contributed by atoms with Gasteiger partial charge in [-0.1, -0.05) is 59.2 Å². The van der Waals surface area contributed by atoms with Gasteiger partial charge in [0, 0.05) is 16.1 Å². The van der Waals surface area contributed by atoms with Gasteiger partial charge in [0.1, 0.15) is 5.69 Å². The maximum atomic E-state index is 6.01. The third kappa shape index (κ3) is 2.50. The van der Waals surface area contributed by atoms with Crippen molar-refractivity contribution in [1.82, 2.24) is 14.9 Å². The van der Waals surface area contributed by atoms with E-state index >= 15 is 0 Å². The predicted molar refractivity (Wildman–Crippen MR) is 96.9 cm³/mol.